The van der Waals surface area contributed by atoms with Gasteiger partial charge in [0.1, 0.15) is 11.5 Å². The number of aromatic nitrogens is 1. The lowest BCUT2D eigenvalue weighted by molar-refractivity contribution is 0.487. The molecule has 0 atom stereocenters. The first-order valence-electron chi connectivity index (χ1n) is 16.2. The van der Waals surface area contributed by atoms with Crippen LogP contribution >= 0.6 is 0 Å². The maximum absolute atomic E-state index is 6.47. The van der Waals surface area contributed by atoms with Gasteiger partial charge in [0.15, 0.2) is 0 Å². The number of fused-ring (bicyclic) bond motifs is 7. The fourth-order valence-electron chi connectivity index (χ4n) is 7.84. The molecule has 0 radical (unpaired) electrons. The van der Waals surface area contributed by atoms with Gasteiger partial charge in [-0.25, -0.2) is 0 Å². The zero-order valence-electron chi connectivity index (χ0n) is 25.9. The van der Waals surface area contributed by atoms with E-state index < -0.39 is 0 Å². The molecule has 0 saturated heterocycles. The van der Waals surface area contributed by atoms with Crippen LogP contribution < -0.4 is 4.74 Å². The van der Waals surface area contributed by atoms with E-state index in [4.69, 9.17) is 4.74 Å². The number of aryl methyl sites for hydroxylation is 1. The largest absolute Gasteiger partial charge is 0.456 e. The van der Waals surface area contributed by atoms with E-state index in [0.717, 1.165) is 22.7 Å². The van der Waals surface area contributed by atoms with Crippen molar-refractivity contribution in [2.75, 3.05) is 0 Å². The van der Waals surface area contributed by atoms with Crippen LogP contribution in [0.2, 0.25) is 0 Å². The van der Waals surface area contributed by atoms with Crippen LogP contribution in [0.4, 0.5) is 0 Å². The molecule has 1 aliphatic heterocycles. The number of benzene rings is 8. The van der Waals surface area contributed by atoms with Gasteiger partial charge in [-0.05, 0) is 87.3 Å². The maximum Gasteiger partial charge on any atom is 0.135 e. The quantitative estimate of drug-likeness (QED) is 0.197. The average Bonchev–Trinajstić information content (AvgIpc) is 3.46. The highest BCUT2D eigenvalue weighted by molar-refractivity contribution is 6.25. The van der Waals surface area contributed by atoms with Crippen LogP contribution in [0, 0.1) is 6.92 Å². The second-order valence-corrected chi connectivity index (χ2v) is 12.5. The van der Waals surface area contributed by atoms with E-state index in [1.54, 1.807) is 0 Å². The molecule has 47 heavy (non-hydrogen) atoms. The van der Waals surface area contributed by atoms with Crippen molar-refractivity contribution in [1.29, 1.82) is 0 Å². The van der Waals surface area contributed by atoms with E-state index in [2.05, 4.69) is 163 Å². The standard InChI is InChI=1S/C45H29NO/c1-28-22-23-32(38(26-28)31-24-25-43-45-35(31)18-11-19-36(45)33-15-8-10-21-42(33)47-43)39-27-41-44(34-16-6-5-14-30(34)39)37-17-7-9-20-40(37)46(41)29-12-3-2-4-13-29/h2-27H,1H3. The Morgan fingerprint density at radius 1 is 0.383 bits per heavy atom. The van der Waals surface area contributed by atoms with Crippen LogP contribution in [0.15, 0.2) is 158 Å². The number of ether oxygens (including phenoxy) is 1. The zero-order valence-corrected chi connectivity index (χ0v) is 25.9. The number of hydrogen-bond donors (Lipinski definition) is 0. The first kappa shape index (κ1) is 26.1. The molecule has 8 aromatic carbocycles. The Balaban J connectivity index is 1.31. The maximum atomic E-state index is 6.47. The van der Waals surface area contributed by atoms with E-state index in [0.29, 0.717) is 0 Å². The molecule has 0 bridgehead atoms. The molecule has 0 aliphatic carbocycles. The van der Waals surface area contributed by atoms with Gasteiger partial charge in [0.2, 0.25) is 0 Å². The molecular formula is C45H29NO. The van der Waals surface area contributed by atoms with E-state index >= 15 is 0 Å². The van der Waals surface area contributed by atoms with Gasteiger partial charge in [0, 0.05) is 27.4 Å². The molecule has 220 valence electrons. The molecule has 0 saturated carbocycles. The summed E-state index contributed by atoms with van der Waals surface area (Å²) >= 11 is 0. The van der Waals surface area contributed by atoms with Gasteiger partial charge in [-0.3, -0.25) is 0 Å². The predicted octanol–water partition coefficient (Wildman–Crippen LogP) is 12.5. The molecule has 9 aromatic rings. The van der Waals surface area contributed by atoms with Crippen molar-refractivity contribution in [3.63, 3.8) is 0 Å². The molecule has 1 aliphatic rings. The summed E-state index contributed by atoms with van der Waals surface area (Å²) in [5, 5.41) is 7.43. The van der Waals surface area contributed by atoms with Crippen molar-refractivity contribution in [2.45, 2.75) is 6.92 Å². The molecule has 1 aromatic heterocycles. The Bertz CT molecular complexity index is 2720. The minimum Gasteiger partial charge on any atom is -0.456 e. The molecule has 0 spiro atoms. The van der Waals surface area contributed by atoms with Crippen molar-refractivity contribution in [2.24, 2.45) is 0 Å². The van der Waals surface area contributed by atoms with Gasteiger partial charge < -0.3 is 9.30 Å². The summed E-state index contributed by atoms with van der Waals surface area (Å²) in [7, 11) is 0. The molecule has 0 amide bonds. The summed E-state index contributed by atoms with van der Waals surface area (Å²) in [6.45, 7) is 2.19. The summed E-state index contributed by atoms with van der Waals surface area (Å²) in [5.41, 5.74) is 12.0. The van der Waals surface area contributed by atoms with Gasteiger partial charge in [-0.15, -0.1) is 0 Å². The zero-order chi connectivity index (χ0) is 31.1. The van der Waals surface area contributed by atoms with Crippen molar-refractivity contribution in [3.05, 3.63) is 163 Å². The van der Waals surface area contributed by atoms with Crippen molar-refractivity contribution < 1.29 is 4.74 Å². The average molecular weight is 600 g/mol. The van der Waals surface area contributed by atoms with Gasteiger partial charge in [-0.1, -0.05) is 127 Å². The highest BCUT2D eigenvalue weighted by Gasteiger charge is 2.23. The predicted molar refractivity (Wildman–Crippen MR) is 197 cm³/mol. The van der Waals surface area contributed by atoms with Crippen molar-refractivity contribution in [1.82, 2.24) is 4.57 Å². The van der Waals surface area contributed by atoms with Gasteiger partial charge in [0.05, 0.1) is 11.0 Å². The van der Waals surface area contributed by atoms with E-state index in [1.807, 2.05) is 6.07 Å². The second-order valence-electron chi connectivity index (χ2n) is 12.5. The van der Waals surface area contributed by atoms with Crippen molar-refractivity contribution >= 4 is 43.4 Å². The van der Waals surface area contributed by atoms with Crippen LogP contribution in [0.5, 0.6) is 11.5 Å². The summed E-state index contributed by atoms with van der Waals surface area (Å²) in [4.78, 5) is 0. The smallest absolute Gasteiger partial charge is 0.135 e. The van der Waals surface area contributed by atoms with Gasteiger partial charge in [0.25, 0.3) is 0 Å². The van der Waals surface area contributed by atoms with E-state index in [9.17, 15) is 0 Å². The molecule has 0 N–H and O–H groups in total. The second kappa shape index (κ2) is 9.94. The topological polar surface area (TPSA) is 14.2 Å². The highest BCUT2D eigenvalue weighted by Crippen LogP contribution is 2.50. The third-order valence-corrected chi connectivity index (χ3v) is 9.85. The first-order chi connectivity index (χ1) is 23.2. The molecule has 0 unspecified atom stereocenters. The van der Waals surface area contributed by atoms with Crippen LogP contribution in [0.1, 0.15) is 5.56 Å². The Hall–Kier alpha value is -6.12. The fraction of sp³-hybridized carbons (Fsp3) is 0.0222. The fourth-order valence-corrected chi connectivity index (χ4v) is 7.84. The molecule has 10 rings (SSSR count). The summed E-state index contributed by atoms with van der Waals surface area (Å²) in [5.74, 6) is 1.82. The summed E-state index contributed by atoms with van der Waals surface area (Å²) in [6, 6.07) is 57.1. The Kier molecular flexibility index (Phi) is 5.53. The Labute approximate surface area is 272 Å². The summed E-state index contributed by atoms with van der Waals surface area (Å²) in [6.07, 6.45) is 0. The Morgan fingerprint density at radius 2 is 1.09 bits per heavy atom. The van der Waals surface area contributed by atoms with Crippen LogP contribution in [-0.4, -0.2) is 4.57 Å². The molecular weight excluding hydrogens is 571 g/mol. The minimum absolute atomic E-state index is 0.907. The molecule has 2 nitrogen and oxygen atoms in total. The monoisotopic (exact) mass is 599 g/mol. The number of hydrogen-bond acceptors (Lipinski definition) is 1. The number of para-hydroxylation sites is 3. The SMILES string of the molecule is Cc1ccc(-c2cc3c(c4ccccc24)c2ccccc2n3-c2ccccc2)c(-c2ccc3c4c(cccc24)-c2ccccc2O3)c1. The third-order valence-electron chi connectivity index (χ3n) is 9.85. The lowest BCUT2D eigenvalue weighted by Gasteiger charge is -2.23. The molecule has 2 heterocycles. The number of nitrogens with zero attached hydrogens (tertiary/aromatic N) is 1. The molecule has 0 fully saturated rings. The van der Waals surface area contributed by atoms with Crippen LogP contribution in [-0.2, 0) is 0 Å². The summed E-state index contributed by atoms with van der Waals surface area (Å²) < 4.78 is 8.89. The third kappa shape index (κ3) is 3.79. The lowest BCUT2D eigenvalue weighted by Crippen LogP contribution is -1.98. The molecule has 2 heteroatoms. The van der Waals surface area contributed by atoms with Crippen LogP contribution in [0.25, 0.3) is 82.4 Å². The van der Waals surface area contributed by atoms with Crippen LogP contribution in [0.3, 0.4) is 0 Å². The van der Waals surface area contributed by atoms with Gasteiger partial charge in [-0.2, -0.15) is 0 Å². The minimum atomic E-state index is 0.907. The van der Waals surface area contributed by atoms with Gasteiger partial charge >= 0.3 is 0 Å². The van der Waals surface area contributed by atoms with Crippen molar-refractivity contribution in [3.8, 4) is 50.6 Å². The normalized spacial score (nSPS) is 12.1. The number of rotatable bonds is 3. The first-order valence-corrected chi connectivity index (χ1v) is 16.2. The highest BCUT2D eigenvalue weighted by atomic mass is 16.5. The van der Waals surface area contributed by atoms with E-state index in [1.165, 1.54) is 76.7 Å². The Morgan fingerprint density at radius 3 is 1.98 bits per heavy atom. The van der Waals surface area contributed by atoms with E-state index in [-0.39, 0.29) is 0 Å². The lowest BCUT2D eigenvalue weighted by atomic mass is 9.85.